The molecule has 0 aromatic heterocycles. The maximum absolute atomic E-state index is 11.3. The fourth-order valence-corrected chi connectivity index (χ4v) is 8.58. The summed E-state index contributed by atoms with van der Waals surface area (Å²) < 4.78 is 17.4. The highest BCUT2D eigenvalue weighted by Crippen LogP contribution is 2.37. The van der Waals surface area contributed by atoms with Gasteiger partial charge in [0.05, 0.1) is 19.8 Å². The lowest BCUT2D eigenvalue weighted by atomic mass is 10.1. The first-order chi connectivity index (χ1) is 14.3. The van der Waals surface area contributed by atoms with E-state index in [4.69, 9.17) is 13.9 Å². The lowest BCUT2D eigenvalue weighted by molar-refractivity contribution is -0.140. The van der Waals surface area contributed by atoms with Crippen LogP contribution in [0.15, 0.2) is 60.7 Å². The van der Waals surface area contributed by atoms with Crippen LogP contribution >= 0.6 is 0 Å². The monoisotopic (exact) mass is 428 g/mol. The number of carbonyl (C=O) groups is 1. The third kappa shape index (κ3) is 6.03. The Morgan fingerprint density at radius 1 is 0.900 bits per heavy atom. The molecule has 0 saturated heterocycles. The summed E-state index contributed by atoms with van der Waals surface area (Å²) in [6, 6.07) is 21.3. The summed E-state index contributed by atoms with van der Waals surface area (Å²) in [5.41, 5.74) is 0. The van der Waals surface area contributed by atoms with Crippen LogP contribution in [0.1, 0.15) is 46.5 Å². The first-order valence-electron chi connectivity index (χ1n) is 10.7. The van der Waals surface area contributed by atoms with E-state index in [1.165, 1.54) is 17.5 Å². The summed E-state index contributed by atoms with van der Waals surface area (Å²) >= 11 is 0. The lowest BCUT2D eigenvalue weighted by Crippen LogP contribution is -2.67. The molecule has 0 aliphatic rings. The molecule has 0 spiro atoms. The van der Waals surface area contributed by atoms with Crippen LogP contribution < -0.4 is 10.4 Å². The van der Waals surface area contributed by atoms with E-state index in [0.29, 0.717) is 13.0 Å². The fourth-order valence-electron chi connectivity index (χ4n) is 3.99. The van der Waals surface area contributed by atoms with E-state index >= 15 is 0 Å². The molecule has 4 nitrogen and oxygen atoms in total. The van der Waals surface area contributed by atoms with E-state index in [-0.39, 0.29) is 17.1 Å². The highest BCUT2D eigenvalue weighted by atomic mass is 28.4. The van der Waals surface area contributed by atoms with Gasteiger partial charge in [-0.15, -0.1) is 0 Å². The average molecular weight is 429 g/mol. The summed E-state index contributed by atoms with van der Waals surface area (Å²) in [6.45, 7) is 7.36. The SMILES string of the molecule is COC(=O)CCCC[C@@H](CO[Si](c1ccccc1)(c1ccccc1)C(C)(C)C)OC. The quantitative estimate of drug-likeness (QED) is 0.304. The highest BCUT2D eigenvalue weighted by molar-refractivity contribution is 6.99. The largest absolute Gasteiger partial charge is 0.469 e. The highest BCUT2D eigenvalue weighted by Gasteiger charge is 2.50. The summed E-state index contributed by atoms with van der Waals surface area (Å²) in [4.78, 5) is 11.3. The minimum atomic E-state index is -2.55. The van der Waals surface area contributed by atoms with Crippen LogP contribution in [-0.4, -0.2) is 41.2 Å². The van der Waals surface area contributed by atoms with Crippen LogP contribution in [0.5, 0.6) is 0 Å². The van der Waals surface area contributed by atoms with E-state index < -0.39 is 8.32 Å². The lowest BCUT2D eigenvalue weighted by Gasteiger charge is -2.43. The summed E-state index contributed by atoms with van der Waals surface area (Å²) in [5.74, 6) is -0.160. The Balaban J connectivity index is 2.24. The second-order valence-electron chi connectivity index (χ2n) is 8.65. The number of benzene rings is 2. The summed E-state index contributed by atoms with van der Waals surface area (Å²) in [7, 11) is 0.611. The predicted molar refractivity (Wildman–Crippen MR) is 125 cm³/mol. The Morgan fingerprint density at radius 3 is 1.87 bits per heavy atom. The van der Waals surface area contributed by atoms with Crippen LogP contribution in [0.4, 0.5) is 0 Å². The molecule has 0 aliphatic carbocycles. The third-order valence-electron chi connectivity index (χ3n) is 5.62. The molecule has 0 fully saturated rings. The van der Waals surface area contributed by atoms with Gasteiger partial charge in [-0.3, -0.25) is 4.79 Å². The average Bonchev–Trinajstić information content (AvgIpc) is 2.75. The number of rotatable bonds is 11. The topological polar surface area (TPSA) is 44.8 Å². The van der Waals surface area contributed by atoms with Crippen molar-refractivity contribution in [1.29, 1.82) is 0 Å². The van der Waals surface area contributed by atoms with Crippen LogP contribution in [0.2, 0.25) is 5.04 Å². The van der Waals surface area contributed by atoms with Gasteiger partial charge in [-0.05, 0) is 28.3 Å². The molecule has 2 aromatic rings. The van der Waals surface area contributed by atoms with Gasteiger partial charge in [0, 0.05) is 13.5 Å². The Hall–Kier alpha value is -1.95. The second kappa shape index (κ2) is 11.4. The number of hydrogen-bond donors (Lipinski definition) is 0. The van der Waals surface area contributed by atoms with Crippen molar-refractivity contribution in [2.45, 2.75) is 57.6 Å². The van der Waals surface area contributed by atoms with Gasteiger partial charge in [0.15, 0.2) is 0 Å². The number of carbonyl (C=O) groups excluding carboxylic acids is 1. The molecule has 0 bridgehead atoms. The van der Waals surface area contributed by atoms with Crippen molar-refractivity contribution in [3.05, 3.63) is 60.7 Å². The second-order valence-corrected chi connectivity index (χ2v) is 13.0. The molecular formula is C25H36O4Si. The first kappa shape index (κ1) is 24.3. The first-order valence-corrected chi connectivity index (χ1v) is 12.6. The molecule has 5 heteroatoms. The van der Waals surface area contributed by atoms with Crippen molar-refractivity contribution in [2.75, 3.05) is 20.8 Å². The number of esters is 1. The smallest absolute Gasteiger partial charge is 0.305 e. The maximum Gasteiger partial charge on any atom is 0.305 e. The molecule has 30 heavy (non-hydrogen) atoms. The van der Waals surface area contributed by atoms with Crippen LogP contribution in [0.25, 0.3) is 0 Å². The van der Waals surface area contributed by atoms with Crippen molar-refractivity contribution in [2.24, 2.45) is 0 Å². The van der Waals surface area contributed by atoms with E-state index in [1.807, 2.05) is 0 Å². The van der Waals surface area contributed by atoms with E-state index in [1.54, 1.807) is 7.11 Å². The summed E-state index contributed by atoms with van der Waals surface area (Å²) in [6.07, 6.45) is 2.99. The van der Waals surface area contributed by atoms with Gasteiger partial charge in [-0.2, -0.15) is 0 Å². The predicted octanol–water partition coefficient (Wildman–Crippen LogP) is 4.31. The molecule has 1 atom stereocenters. The molecule has 0 heterocycles. The molecule has 2 rings (SSSR count). The molecule has 2 aromatic carbocycles. The zero-order valence-electron chi connectivity index (χ0n) is 19.0. The minimum absolute atomic E-state index is 0.00991. The molecule has 0 radical (unpaired) electrons. The van der Waals surface area contributed by atoms with E-state index in [2.05, 4.69) is 81.4 Å². The van der Waals surface area contributed by atoms with Crippen molar-refractivity contribution in [3.63, 3.8) is 0 Å². The molecule has 0 unspecified atom stereocenters. The Bertz CT molecular complexity index is 716. The van der Waals surface area contributed by atoms with Crippen LogP contribution in [-0.2, 0) is 18.7 Å². The van der Waals surface area contributed by atoms with Gasteiger partial charge >= 0.3 is 5.97 Å². The van der Waals surface area contributed by atoms with Crippen molar-refractivity contribution < 1.29 is 18.7 Å². The van der Waals surface area contributed by atoms with Crippen molar-refractivity contribution in [3.8, 4) is 0 Å². The van der Waals surface area contributed by atoms with E-state index in [9.17, 15) is 4.79 Å². The zero-order valence-corrected chi connectivity index (χ0v) is 20.0. The third-order valence-corrected chi connectivity index (χ3v) is 10.6. The Morgan fingerprint density at radius 2 is 1.43 bits per heavy atom. The maximum atomic E-state index is 11.3. The molecule has 0 aliphatic heterocycles. The molecule has 0 N–H and O–H groups in total. The van der Waals surface area contributed by atoms with Gasteiger partial charge in [-0.25, -0.2) is 0 Å². The van der Waals surface area contributed by atoms with Crippen molar-refractivity contribution >= 4 is 24.7 Å². The number of hydrogen-bond acceptors (Lipinski definition) is 4. The molecule has 0 saturated carbocycles. The Labute approximate surface area is 182 Å². The van der Waals surface area contributed by atoms with Crippen LogP contribution in [0, 0.1) is 0 Å². The van der Waals surface area contributed by atoms with Gasteiger partial charge < -0.3 is 13.9 Å². The number of ether oxygens (including phenoxy) is 2. The van der Waals surface area contributed by atoms with Crippen LogP contribution in [0.3, 0.4) is 0 Å². The van der Waals surface area contributed by atoms with Gasteiger partial charge in [0.2, 0.25) is 0 Å². The normalized spacial score (nSPS) is 13.1. The van der Waals surface area contributed by atoms with Gasteiger partial charge in [0.25, 0.3) is 8.32 Å². The molecule has 164 valence electrons. The molecular weight excluding hydrogens is 392 g/mol. The fraction of sp³-hybridized carbons (Fsp3) is 0.480. The minimum Gasteiger partial charge on any atom is -0.469 e. The van der Waals surface area contributed by atoms with Gasteiger partial charge in [0.1, 0.15) is 0 Å². The number of methoxy groups -OCH3 is 2. The van der Waals surface area contributed by atoms with Gasteiger partial charge in [-0.1, -0.05) is 87.9 Å². The standard InChI is InChI=1S/C25H36O4Si/c1-25(2,3)30(22-15-8-6-9-16-22,23-17-10-7-11-18-23)29-20-21(27-4)14-12-13-19-24(26)28-5/h6-11,15-18,21H,12-14,19-20H2,1-5H3/t21-/m0/s1. The van der Waals surface area contributed by atoms with Crippen molar-refractivity contribution in [1.82, 2.24) is 0 Å². The number of unbranched alkanes of at least 4 members (excludes halogenated alkanes) is 1. The Kier molecular flexibility index (Phi) is 9.27. The van der Waals surface area contributed by atoms with E-state index in [0.717, 1.165) is 19.3 Å². The summed E-state index contributed by atoms with van der Waals surface area (Å²) in [5, 5.41) is 2.48. The molecule has 0 amide bonds. The zero-order chi connectivity index (χ0) is 22.0.